The van der Waals surface area contributed by atoms with Gasteiger partial charge >= 0.3 is 11.9 Å². The molecule has 1 aliphatic rings. The number of carbonyl (C=O) groups is 3. The predicted molar refractivity (Wildman–Crippen MR) is 88.4 cm³/mol. The summed E-state index contributed by atoms with van der Waals surface area (Å²) in [6, 6.07) is 1.75. The minimum absolute atomic E-state index is 0.00306. The Bertz CT molecular complexity index is 654. The summed E-state index contributed by atoms with van der Waals surface area (Å²) in [4.78, 5) is 38.6. The van der Waals surface area contributed by atoms with E-state index in [2.05, 4.69) is 4.98 Å². The number of ether oxygens (including phenoxy) is 2. The van der Waals surface area contributed by atoms with Crippen molar-refractivity contribution >= 4 is 17.7 Å². The third-order valence-corrected chi connectivity index (χ3v) is 4.43. The molecule has 0 bridgehead atoms. The number of pyridine rings is 1. The molecule has 8 nitrogen and oxygen atoms in total. The number of carbonyl (C=O) groups excluding carboxylic acids is 3. The number of nitrogens with two attached hydrogens (primary N) is 1. The third kappa shape index (κ3) is 4.99. The van der Waals surface area contributed by atoms with Gasteiger partial charge in [-0.1, -0.05) is 0 Å². The molecule has 1 fully saturated rings. The van der Waals surface area contributed by atoms with Crippen LogP contribution in [0.25, 0.3) is 0 Å². The average molecular weight is 349 g/mol. The van der Waals surface area contributed by atoms with Crippen LogP contribution in [0.2, 0.25) is 0 Å². The summed E-state index contributed by atoms with van der Waals surface area (Å²) in [6.45, 7) is 1.83. The molecule has 1 aromatic rings. The first-order valence-electron chi connectivity index (χ1n) is 8.18. The number of ketones is 1. The second-order valence-corrected chi connectivity index (χ2v) is 6.14. The second kappa shape index (κ2) is 8.57. The smallest absolute Gasteiger partial charge is 0.308 e. The molecule has 0 spiro atoms. The van der Waals surface area contributed by atoms with Gasteiger partial charge in [0.25, 0.3) is 0 Å². The van der Waals surface area contributed by atoms with Crippen LogP contribution >= 0.6 is 0 Å². The quantitative estimate of drug-likeness (QED) is 0.254. The summed E-state index contributed by atoms with van der Waals surface area (Å²) in [6.07, 6.45) is 4.46. The van der Waals surface area contributed by atoms with Crippen LogP contribution in [0.15, 0.2) is 12.3 Å². The van der Waals surface area contributed by atoms with Crippen molar-refractivity contribution in [2.75, 3.05) is 7.11 Å². The second-order valence-electron chi connectivity index (χ2n) is 6.14. The van der Waals surface area contributed by atoms with Crippen molar-refractivity contribution < 1.29 is 23.9 Å². The van der Waals surface area contributed by atoms with Crippen LogP contribution < -0.4 is 16.0 Å². The number of nitrogens with one attached hydrogen (secondary N) is 1. The zero-order chi connectivity index (χ0) is 18.4. The first-order chi connectivity index (χ1) is 11.9. The number of Topliss-reactive ketones (excluding diaryl/α,β-unsaturated/α-hetero) is 1. The molecule has 0 aromatic carbocycles. The maximum Gasteiger partial charge on any atom is 0.308 e. The van der Waals surface area contributed by atoms with Gasteiger partial charge < -0.3 is 9.47 Å². The molecule has 1 amide bonds. The van der Waals surface area contributed by atoms with Gasteiger partial charge in [0, 0.05) is 18.7 Å². The van der Waals surface area contributed by atoms with Crippen molar-refractivity contribution in [3.63, 3.8) is 0 Å². The zero-order valence-corrected chi connectivity index (χ0v) is 14.4. The summed E-state index contributed by atoms with van der Waals surface area (Å²) >= 11 is 0. The third-order valence-electron chi connectivity index (χ3n) is 4.43. The molecular weight excluding hydrogens is 326 g/mol. The van der Waals surface area contributed by atoms with Gasteiger partial charge in [0.1, 0.15) is 6.10 Å². The summed E-state index contributed by atoms with van der Waals surface area (Å²) in [5, 5.41) is 0. The van der Waals surface area contributed by atoms with E-state index in [-0.39, 0.29) is 24.4 Å². The molecular formula is C17H23N3O5. The molecule has 1 aliphatic carbocycles. The summed E-state index contributed by atoms with van der Waals surface area (Å²) < 4.78 is 10.7. The minimum atomic E-state index is -0.831. The van der Waals surface area contributed by atoms with Crippen LogP contribution in [-0.2, 0) is 25.5 Å². The number of hydrogen-bond donors (Lipinski definition) is 2. The van der Waals surface area contributed by atoms with E-state index in [0.29, 0.717) is 11.4 Å². The molecule has 3 N–H and O–H groups in total. The fourth-order valence-electron chi connectivity index (χ4n) is 2.90. The number of amides is 1. The maximum absolute atomic E-state index is 11.6. The summed E-state index contributed by atoms with van der Waals surface area (Å²) in [7, 11) is 1.40. The Hall–Kier alpha value is -2.48. The Balaban J connectivity index is 1.92. The van der Waals surface area contributed by atoms with Gasteiger partial charge in [-0.2, -0.15) is 0 Å². The summed E-state index contributed by atoms with van der Waals surface area (Å²) in [5.41, 5.74) is 3.28. The lowest BCUT2D eigenvalue weighted by molar-refractivity contribution is -0.147. The molecule has 25 heavy (non-hydrogen) atoms. The minimum Gasteiger partial charge on any atom is -0.474 e. The van der Waals surface area contributed by atoms with E-state index >= 15 is 0 Å². The Morgan fingerprint density at radius 1 is 1.28 bits per heavy atom. The lowest BCUT2D eigenvalue weighted by Gasteiger charge is -2.27. The van der Waals surface area contributed by atoms with Crippen LogP contribution in [0.1, 0.15) is 36.8 Å². The molecule has 136 valence electrons. The number of hydrogen-bond acceptors (Lipinski definition) is 7. The van der Waals surface area contributed by atoms with E-state index in [1.807, 2.05) is 12.3 Å². The number of aromatic nitrogens is 1. The first kappa shape index (κ1) is 18.9. The number of nitrogens with zero attached hydrogens (tertiary/aromatic N) is 1. The van der Waals surface area contributed by atoms with Crippen molar-refractivity contribution in [3.05, 3.63) is 23.4 Å². The predicted octanol–water partition coefficient (Wildman–Crippen LogP) is 0.602. The highest BCUT2D eigenvalue weighted by Gasteiger charge is 2.28. The highest BCUT2D eigenvalue weighted by molar-refractivity contribution is 6.36. The molecule has 2 rings (SSSR count). The van der Waals surface area contributed by atoms with Crippen LogP contribution in [0.5, 0.6) is 5.88 Å². The van der Waals surface area contributed by atoms with Crippen LogP contribution in [0.4, 0.5) is 0 Å². The van der Waals surface area contributed by atoms with Crippen LogP contribution in [0.3, 0.4) is 0 Å². The zero-order valence-electron chi connectivity index (χ0n) is 14.4. The Kier molecular flexibility index (Phi) is 6.46. The molecule has 1 aromatic heterocycles. The molecule has 0 atom stereocenters. The molecule has 0 radical (unpaired) electrons. The number of aryl methyl sites for hydroxylation is 1. The number of rotatable bonds is 6. The van der Waals surface area contributed by atoms with E-state index < -0.39 is 11.7 Å². The van der Waals surface area contributed by atoms with Crippen molar-refractivity contribution in [1.82, 2.24) is 10.4 Å². The van der Waals surface area contributed by atoms with E-state index in [0.717, 1.165) is 31.2 Å². The van der Waals surface area contributed by atoms with Crippen molar-refractivity contribution in [2.24, 2.45) is 11.8 Å². The van der Waals surface area contributed by atoms with Gasteiger partial charge in [-0.25, -0.2) is 10.8 Å². The van der Waals surface area contributed by atoms with Crippen molar-refractivity contribution in [1.29, 1.82) is 0 Å². The molecule has 1 heterocycles. The Labute approximate surface area is 146 Å². The van der Waals surface area contributed by atoms with E-state index in [4.69, 9.17) is 15.3 Å². The highest BCUT2D eigenvalue weighted by Crippen LogP contribution is 2.28. The van der Waals surface area contributed by atoms with E-state index in [9.17, 15) is 14.4 Å². The van der Waals surface area contributed by atoms with Gasteiger partial charge in [0.2, 0.25) is 11.7 Å². The van der Waals surface area contributed by atoms with Gasteiger partial charge in [-0.15, -0.1) is 0 Å². The van der Waals surface area contributed by atoms with Crippen LogP contribution in [-0.4, -0.2) is 35.9 Å². The average Bonchev–Trinajstić information content (AvgIpc) is 2.63. The largest absolute Gasteiger partial charge is 0.474 e. The fourth-order valence-corrected chi connectivity index (χ4v) is 2.90. The number of methoxy groups -OCH3 is 1. The van der Waals surface area contributed by atoms with E-state index in [1.165, 1.54) is 13.3 Å². The van der Waals surface area contributed by atoms with Gasteiger partial charge in [-0.3, -0.25) is 19.8 Å². The van der Waals surface area contributed by atoms with Gasteiger partial charge in [0.15, 0.2) is 0 Å². The SMILES string of the molecule is COC(=O)C1CCC(Oc2cc(C)c(CC(=O)C(=O)NN)cn2)CC1. The summed E-state index contributed by atoms with van der Waals surface area (Å²) in [5.74, 6) is 3.74. The van der Waals surface area contributed by atoms with Crippen LogP contribution in [0, 0.1) is 12.8 Å². The van der Waals surface area contributed by atoms with Crippen molar-refractivity contribution in [2.45, 2.75) is 45.1 Å². The maximum atomic E-state index is 11.6. The monoisotopic (exact) mass is 349 g/mol. The number of esters is 1. The molecule has 0 saturated heterocycles. The Morgan fingerprint density at radius 2 is 1.96 bits per heavy atom. The topological polar surface area (TPSA) is 121 Å². The van der Waals surface area contributed by atoms with Crippen molar-refractivity contribution in [3.8, 4) is 5.88 Å². The Morgan fingerprint density at radius 3 is 2.52 bits per heavy atom. The lowest BCUT2D eigenvalue weighted by atomic mass is 9.87. The lowest BCUT2D eigenvalue weighted by Crippen LogP contribution is -2.37. The first-order valence-corrected chi connectivity index (χ1v) is 8.18. The standard InChI is InChI=1S/C17H23N3O5/c1-10-7-15(19-9-12(10)8-14(21)16(22)20-18)25-13-5-3-11(4-6-13)17(23)24-2/h7,9,11,13H,3-6,8,18H2,1-2H3,(H,20,22). The highest BCUT2D eigenvalue weighted by atomic mass is 16.5. The van der Waals surface area contributed by atoms with E-state index in [1.54, 1.807) is 6.07 Å². The normalized spacial score (nSPS) is 19.8. The number of hydrazine groups is 1. The molecule has 8 heteroatoms. The van der Waals surface area contributed by atoms with Gasteiger partial charge in [-0.05, 0) is 43.7 Å². The fraction of sp³-hybridized carbons (Fsp3) is 0.529. The van der Waals surface area contributed by atoms with Gasteiger partial charge in [0.05, 0.1) is 13.0 Å². The molecule has 0 aliphatic heterocycles. The molecule has 1 saturated carbocycles. The molecule has 0 unspecified atom stereocenters.